The number of hydrogen-bond acceptors (Lipinski definition) is 2. The summed E-state index contributed by atoms with van der Waals surface area (Å²) in [6.07, 6.45) is 0. The van der Waals surface area contributed by atoms with E-state index < -0.39 is 0 Å². The van der Waals surface area contributed by atoms with Crippen LogP contribution in [0.15, 0.2) is 146 Å². The van der Waals surface area contributed by atoms with Crippen LogP contribution in [0.2, 0.25) is 0 Å². The largest absolute Gasteiger partial charge is 2.00 e. The summed E-state index contributed by atoms with van der Waals surface area (Å²) in [5.74, 6) is 0. The molecule has 4 aromatic carbocycles. The Bertz CT molecular complexity index is 1280. The number of nitrogens with zero attached hydrogens (tertiary/aromatic N) is 2. The van der Waals surface area contributed by atoms with Crippen LogP contribution in [0, 0.1) is 12.1 Å². The minimum Gasteiger partial charge on any atom is -0.296 e. The Kier molecular flexibility index (Phi) is 9.29. The van der Waals surface area contributed by atoms with Gasteiger partial charge in [-0.15, -0.1) is 71.8 Å². The Hall–Kier alpha value is -4.13. The second-order valence-corrected chi connectivity index (χ2v) is 8.10. The molecule has 0 radical (unpaired) electrons. The molecule has 0 N–H and O–H groups in total. The summed E-state index contributed by atoms with van der Waals surface area (Å²) in [7, 11) is 0. The molecule has 6 rings (SSSR count). The summed E-state index contributed by atoms with van der Waals surface area (Å²) in [5, 5.41) is 0. The van der Waals surface area contributed by atoms with Crippen molar-refractivity contribution in [1.82, 2.24) is 9.97 Å². The third kappa shape index (κ3) is 6.97. The number of benzene rings is 4. The van der Waals surface area contributed by atoms with Crippen LogP contribution in [-0.2, 0) is 21.1 Å². The van der Waals surface area contributed by atoms with Gasteiger partial charge in [-0.2, -0.15) is 0 Å². The first-order valence-corrected chi connectivity index (χ1v) is 11.9. The zero-order valence-electron chi connectivity index (χ0n) is 20.1. The molecule has 2 aromatic heterocycles. The first-order valence-electron chi connectivity index (χ1n) is 11.9. The van der Waals surface area contributed by atoms with Crippen LogP contribution in [-0.4, -0.2) is 9.97 Å². The Balaban J connectivity index is 0.000000168. The van der Waals surface area contributed by atoms with Crippen molar-refractivity contribution in [2.45, 2.75) is 0 Å². The Labute approximate surface area is 233 Å². The summed E-state index contributed by atoms with van der Waals surface area (Å²) >= 11 is 0. The summed E-state index contributed by atoms with van der Waals surface area (Å²) in [5.41, 5.74) is 8.21. The van der Waals surface area contributed by atoms with Crippen molar-refractivity contribution < 1.29 is 21.1 Å². The topological polar surface area (TPSA) is 25.8 Å². The van der Waals surface area contributed by atoms with E-state index in [-0.39, 0.29) is 21.1 Å². The molecule has 0 aliphatic rings. The minimum absolute atomic E-state index is 0. The monoisotopic (exact) mass is 655 g/mol. The second-order valence-electron chi connectivity index (χ2n) is 8.10. The van der Waals surface area contributed by atoms with Crippen LogP contribution >= 0.6 is 0 Å². The van der Waals surface area contributed by atoms with E-state index in [1.807, 2.05) is 121 Å². The van der Waals surface area contributed by atoms with Gasteiger partial charge in [-0.1, -0.05) is 84.9 Å². The zero-order valence-corrected chi connectivity index (χ0v) is 22.3. The molecule has 0 unspecified atom stereocenters. The molecule has 180 valence electrons. The minimum atomic E-state index is 0. The van der Waals surface area contributed by atoms with Crippen LogP contribution in [0.4, 0.5) is 0 Å². The summed E-state index contributed by atoms with van der Waals surface area (Å²) in [4.78, 5) is 9.36. The first-order chi connectivity index (χ1) is 17.9. The molecule has 0 aliphatic carbocycles. The fourth-order valence-corrected chi connectivity index (χ4v) is 3.81. The van der Waals surface area contributed by atoms with Gasteiger partial charge in [0.2, 0.25) is 0 Å². The van der Waals surface area contributed by atoms with Crippen molar-refractivity contribution in [2.75, 3.05) is 0 Å². The smallest absolute Gasteiger partial charge is 0.296 e. The average molecular weight is 656 g/mol. The molecule has 0 spiro atoms. The van der Waals surface area contributed by atoms with Crippen LogP contribution in [0.3, 0.4) is 0 Å². The first kappa shape index (κ1) is 25.9. The molecule has 0 amide bonds. The van der Waals surface area contributed by atoms with E-state index in [9.17, 15) is 0 Å². The van der Waals surface area contributed by atoms with Crippen LogP contribution in [0.25, 0.3) is 45.0 Å². The van der Waals surface area contributed by atoms with Gasteiger partial charge in [0.05, 0.1) is 11.4 Å². The van der Waals surface area contributed by atoms with Crippen molar-refractivity contribution in [2.24, 2.45) is 0 Å². The number of aromatic nitrogens is 2. The maximum absolute atomic E-state index is 4.68. The molecular formula is C34H24N2Pt. The van der Waals surface area contributed by atoms with Crippen molar-refractivity contribution in [1.29, 1.82) is 0 Å². The van der Waals surface area contributed by atoms with Crippen molar-refractivity contribution in [3.05, 3.63) is 158 Å². The SMILES string of the molecule is [Pt+2].[c-]1ccccc1-c1cccc(-c2ccccc2)n1.[c-]1ccccc1-c1cccc(-c2ccccc2)n1. The normalized spacial score (nSPS) is 9.95. The quantitative estimate of drug-likeness (QED) is 0.178. The predicted octanol–water partition coefficient (Wildman–Crippen LogP) is 8.43. The molecule has 2 nitrogen and oxygen atoms in total. The fourth-order valence-electron chi connectivity index (χ4n) is 3.81. The van der Waals surface area contributed by atoms with Crippen molar-refractivity contribution >= 4 is 0 Å². The maximum Gasteiger partial charge on any atom is 2.00 e. The van der Waals surface area contributed by atoms with Gasteiger partial charge in [-0.05, 0) is 34.6 Å². The molecule has 0 saturated heterocycles. The Morgan fingerprint density at radius 3 is 1.11 bits per heavy atom. The summed E-state index contributed by atoms with van der Waals surface area (Å²) < 4.78 is 0. The molecule has 0 saturated carbocycles. The number of pyridine rings is 2. The molecular weight excluding hydrogens is 631 g/mol. The van der Waals surface area contributed by atoms with Gasteiger partial charge in [0, 0.05) is 0 Å². The maximum atomic E-state index is 4.68. The Morgan fingerprint density at radius 1 is 0.351 bits per heavy atom. The van der Waals surface area contributed by atoms with Gasteiger partial charge in [0.15, 0.2) is 0 Å². The predicted molar refractivity (Wildman–Crippen MR) is 148 cm³/mol. The molecule has 0 atom stereocenters. The molecule has 2 heterocycles. The van der Waals surface area contributed by atoms with E-state index in [0.29, 0.717) is 0 Å². The summed E-state index contributed by atoms with van der Waals surface area (Å²) in [6.45, 7) is 0. The van der Waals surface area contributed by atoms with Gasteiger partial charge >= 0.3 is 21.1 Å². The molecule has 37 heavy (non-hydrogen) atoms. The molecule has 6 aromatic rings. The average Bonchev–Trinajstić information content (AvgIpc) is 2.99. The number of rotatable bonds is 4. The Morgan fingerprint density at radius 2 is 0.730 bits per heavy atom. The van der Waals surface area contributed by atoms with Gasteiger partial charge in [-0.3, -0.25) is 9.97 Å². The zero-order chi connectivity index (χ0) is 24.4. The third-order valence-electron chi connectivity index (χ3n) is 5.61. The van der Waals surface area contributed by atoms with E-state index in [1.165, 1.54) is 0 Å². The van der Waals surface area contributed by atoms with E-state index in [4.69, 9.17) is 0 Å². The molecule has 3 heteroatoms. The van der Waals surface area contributed by atoms with Gasteiger partial charge in [0.1, 0.15) is 0 Å². The standard InChI is InChI=1S/2C17H12N.Pt/c2*1-3-8-14(9-4-1)16-12-7-13-17(18-16)15-10-5-2-6-11-15;/h2*1-10,12-13H;/q2*-1;+2. The molecule has 0 aliphatic heterocycles. The molecule has 0 bridgehead atoms. The number of hydrogen-bond donors (Lipinski definition) is 0. The van der Waals surface area contributed by atoms with E-state index >= 15 is 0 Å². The van der Waals surface area contributed by atoms with Gasteiger partial charge < -0.3 is 0 Å². The van der Waals surface area contributed by atoms with Gasteiger partial charge in [0.25, 0.3) is 0 Å². The molecule has 0 fully saturated rings. The second kappa shape index (κ2) is 13.3. The van der Waals surface area contributed by atoms with Crippen molar-refractivity contribution in [3.63, 3.8) is 0 Å². The summed E-state index contributed by atoms with van der Waals surface area (Å²) in [6, 6.07) is 54.8. The fraction of sp³-hybridized carbons (Fsp3) is 0. The van der Waals surface area contributed by atoms with E-state index in [0.717, 1.165) is 45.0 Å². The van der Waals surface area contributed by atoms with E-state index in [1.54, 1.807) is 0 Å². The van der Waals surface area contributed by atoms with Crippen LogP contribution in [0.1, 0.15) is 0 Å². The third-order valence-corrected chi connectivity index (χ3v) is 5.61. The van der Waals surface area contributed by atoms with Crippen molar-refractivity contribution in [3.8, 4) is 45.0 Å². The van der Waals surface area contributed by atoms with Gasteiger partial charge in [-0.25, -0.2) is 0 Å². The van der Waals surface area contributed by atoms with E-state index in [2.05, 4.69) is 46.4 Å². The van der Waals surface area contributed by atoms with Crippen LogP contribution < -0.4 is 0 Å². The van der Waals surface area contributed by atoms with Crippen LogP contribution in [0.5, 0.6) is 0 Å².